The molecule has 0 aromatic carbocycles. The molecule has 1 heterocycles. The highest BCUT2D eigenvalue weighted by molar-refractivity contribution is 9.10. The third-order valence-electron chi connectivity index (χ3n) is 1.70. The summed E-state index contributed by atoms with van der Waals surface area (Å²) < 4.78 is 0.798. The molecule has 0 radical (unpaired) electrons. The normalized spacial score (nSPS) is 11.7. The molecular weight excluding hydrogens is 260 g/mol. The number of rotatable bonds is 4. The summed E-state index contributed by atoms with van der Waals surface area (Å²) in [6.45, 7) is 0.189. The van der Waals surface area contributed by atoms with Crippen molar-refractivity contribution in [1.82, 2.24) is 10.3 Å². The highest BCUT2D eigenvalue weighted by atomic mass is 79.9. The predicted molar refractivity (Wildman–Crippen MR) is 59.1 cm³/mol. The molecule has 0 aliphatic heterocycles. The average Bonchev–Trinajstić information content (AvgIpc) is 2.21. The van der Waals surface area contributed by atoms with Gasteiger partial charge in [0.1, 0.15) is 6.04 Å². The van der Waals surface area contributed by atoms with Crippen molar-refractivity contribution < 1.29 is 9.90 Å². The number of aromatic nitrogens is 1. The lowest BCUT2D eigenvalue weighted by Crippen LogP contribution is -2.29. The van der Waals surface area contributed by atoms with Gasteiger partial charge in [0.15, 0.2) is 0 Å². The molecule has 4 nitrogen and oxygen atoms in total. The quantitative estimate of drug-likeness (QED) is 0.806. The van der Waals surface area contributed by atoms with Crippen LogP contribution in [0.1, 0.15) is 11.7 Å². The maximum Gasteiger partial charge on any atom is 0.327 e. The van der Waals surface area contributed by atoms with Gasteiger partial charge in [-0.15, -0.1) is 6.42 Å². The Morgan fingerprint density at radius 3 is 2.93 bits per heavy atom. The molecule has 0 aliphatic carbocycles. The SMILES string of the molecule is C#CCNC(C(=O)O)c1ccc(Br)cn1. The van der Waals surface area contributed by atoms with Gasteiger partial charge in [-0.2, -0.15) is 0 Å². The molecule has 1 aromatic heterocycles. The van der Waals surface area contributed by atoms with Crippen LogP contribution in [0.25, 0.3) is 0 Å². The standard InChI is InChI=1S/C10H9BrN2O2/c1-2-5-12-9(10(14)15)8-4-3-7(11)6-13-8/h1,3-4,6,9,12H,5H2,(H,14,15). The van der Waals surface area contributed by atoms with E-state index in [0.717, 1.165) is 4.47 Å². The van der Waals surface area contributed by atoms with Crippen molar-refractivity contribution in [1.29, 1.82) is 0 Å². The number of hydrogen-bond acceptors (Lipinski definition) is 3. The van der Waals surface area contributed by atoms with E-state index in [1.807, 2.05) is 0 Å². The van der Waals surface area contributed by atoms with Crippen molar-refractivity contribution in [3.8, 4) is 12.3 Å². The Bertz CT molecular complexity index is 383. The number of nitrogens with zero attached hydrogens (tertiary/aromatic N) is 1. The highest BCUT2D eigenvalue weighted by Crippen LogP contribution is 2.13. The van der Waals surface area contributed by atoms with E-state index in [4.69, 9.17) is 11.5 Å². The van der Waals surface area contributed by atoms with E-state index in [9.17, 15) is 4.79 Å². The smallest absolute Gasteiger partial charge is 0.327 e. The molecule has 2 N–H and O–H groups in total. The fraction of sp³-hybridized carbons (Fsp3) is 0.200. The second-order valence-corrected chi connectivity index (χ2v) is 3.67. The summed E-state index contributed by atoms with van der Waals surface area (Å²) in [6, 6.07) is 2.50. The van der Waals surface area contributed by atoms with E-state index >= 15 is 0 Å². The van der Waals surface area contributed by atoms with Crippen LogP contribution in [0, 0.1) is 12.3 Å². The lowest BCUT2D eigenvalue weighted by atomic mass is 10.2. The van der Waals surface area contributed by atoms with E-state index in [1.54, 1.807) is 18.3 Å². The third kappa shape index (κ3) is 3.35. The monoisotopic (exact) mass is 268 g/mol. The average molecular weight is 269 g/mol. The number of terminal acetylenes is 1. The summed E-state index contributed by atoms with van der Waals surface area (Å²) >= 11 is 3.22. The topological polar surface area (TPSA) is 62.2 Å². The van der Waals surface area contributed by atoms with E-state index in [1.165, 1.54) is 0 Å². The van der Waals surface area contributed by atoms with Crippen LogP contribution >= 0.6 is 15.9 Å². The van der Waals surface area contributed by atoms with Crippen LogP contribution in [-0.2, 0) is 4.79 Å². The van der Waals surface area contributed by atoms with Gasteiger partial charge >= 0.3 is 5.97 Å². The van der Waals surface area contributed by atoms with Crippen LogP contribution in [-0.4, -0.2) is 22.6 Å². The molecule has 78 valence electrons. The van der Waals surface area contributed by atoms with Gasteiger partial charge in [0.25, 0.3) is 0 Å². The first-order chi connectivity index (χ1) is 7.15. The molecule has 0 fully saturated rings. The zero-order chi connectivity index (χ0) is 11.3. The van der Waals surface area contributed by atoms with Gasteiger partial charge in [-0.1, -0.05) is 5.92 Å². The predicted octanol–water partition coefficient (Wildman–Crippen LogP) is 1.19. The third-order valence-corrected chi connectivity index (χ3v) is 2.17. The molecule has 15 heavy (non-hydrogen) atoms. The van der Waals surface area contributed by atoms with Crippen molar-refractivity contribution in [2.24, 2.45) is 0 Å². The maximum absolute atomic E-state index is 10.9. The number of carboxylic acids is 1. The van der Waals surface area contributed by atoms with Crippen molar-refractivity contribution in [3.05, 3.63) is 28.5 Å². The number of aliphatic carboxylic acids is 1. The van der Waals surface area contributed by atoms with Gasteiger partial charge in [0, 0.05) is 10.7 Å². The zero-order valence-corrected chi connectivity index (χ0v) is 9.36. The fourth-order valence-corrected chi connectivity index (χ4v) is 1.27. The Hall–Kier alpha value is -1.38. The molecule has 5 heteroatoms. The van der Waals surface area contributed by atoms with Crippen LogP contribution in [0.15, 0.2) is 22.8 Å². The van der Waals surface area contributed by atoms with Crippen LogP contribution in [0.4, 0.5) is 0 Å². The van der Waals surface area contributed by atoms with Crippen molar-refractivity contribution in [2.45, 2.75) is 6.04 Å². The van der Waals surface area contributed by atoms with Gasteiger partial charge in [-0.25, -0.2) is 0 Å². The minimum atomic E-state index is -1.000. The molecule has 0 aliphatic rings. The van der Waals surface area contributed by atoms with Crippen LogP contribution < -0.4 is 5.32 Å². The first-order valence-corrected chi connectivity index (χ1v) is 4.95. The first kappa shape index (κ1) is 11.7. The van der Waals surface area contributed by atoms with E-state index < -0.39 is 12.0 Å². The molecule has 1 aromatic rings. The Labute approximate surface area is 95.8 Å². The minimum Gasteiger partial charge on any atom is -0.480 e. The van der Waals surface area contributed by atoms with Crippen molar-refractivity contribution in [3.63, 3.8) is 0 Å². The Balaban J connectivity index is 2.85. The number of pyridine rings is 1. The fourth-order valence-electron chi connectivity index (χ4n) is 1.04. The molecule has 0 bridgehead atoms. The lowest BCUT2D eigenvalue weighted by Gasteiger charge is -2.11. The Morgan fingerprint density at radius 1 is 1.73 bits per heavy atom. The van der Waals surface area contributed by atoms with Gasteiger partial charge < -0.3 is 5.11 Å². The molecule has 0 saturated carbocycles. The highest BCUT2D eigenvalue weighted by Gasteiger charge is 2.19. The molecule has 0 saturated heterocycles. The van der Waals surface area contributed by atoms with E-state index in [2.05, 4.69) is 32.2 Å². The zero-order valence-electron chi connectivity index (χ0n) is 7.77. The number of halogens is 1. The Kier molecular flexibility index (Phi) is 4.28. The van der Waals surface area contributed by atoms with Gasteiger partial charge in [-0.05, 0) is 28.1 Å². The number of nitrogens with one attached hydrogen (secondary N) is 1. The van der Waals surface area contributed by atoms with Gasteiger partial charge in [0.2, 0.25) is 0 Å². The van der Waals surface area contributed by atoms with Crippen LogP contribution in [0.3, 0.4) is 0 Å². The van der Waals surface area contributed by atoms with Crippen LogP contribution in [0.2, 0.25) is 0 Å². The molecular formula is C10H9BrN2O2. The lowest BCUT2D eigenvalue weighted by molar-refractivity contribution is -0.139. The number of carboxylic acid groups (broad SMARTS) is 1. The molecule has 0 amide bonds. The molecule has 1 atom stereocenters. The van der Waals surface area contributed by atoms with E-state index in [0.29, 0.717) is 5.69 Å². The number of carbonyl (C=O) groups is 1. The van der Waals surface area contributed by atoms with Gasteiger partial charge in [-0.3, -0.25) is 15.1 Å². The largest absolute Gasteiger partial charge is 0.480 e. The summed E-state index contributed by atoms with van der Waals surface area (Å²) in [5.41, 5.74) is 0.431. The summed E-state index contributed by atoms with van der Waals surface area (Å²) in [5.74, 6) is 1.32. The van der Waals surface area contributed by atoms with Crippen LogP contribution in [0.5, 0.6) is 0 Å². The summed E-state index contributed by atoms with van der Waals surface area (Å²) in [6.07, 6.45) is 6.59. The maximum atomic E-state index is 10.9. The summed E-state index contributed by atoms with van der Waals surface area (Å²) in [5, 5.41) is 11.6. The molecule has 1 rings (SSSR count). The van der Waals surface area contributed by atoms with Crippen molar-refractivity contribution >= 4 is 21.9 Å². The second-order valence-electron chi connectivity index (χ2n) is 2.76. The van der Waals surface area contributed by atoms with E-state index in [-0.39, 0.29) is 6.54 Å². The first-order valence-electron chi connectivity index (χ1n) is 4.16. The van der Waals surface area contributed by atoms with Crippen molar-refractivity contribution in [2.75, 3.05) is 6.54 Å². The Morgan fingerprint density at radius 2 is 2.47 bits per heavy atom. The summed E-state index contributed by atoms with van der Waals surface area (Å²) in [4.78, 5) is 14.9. The molecule has 0 spiro atoms. The molecule has 1 unspecified atom stereocenters. The summed E-state index contributed by atoms with van der Waals surface area (Å²) in [7, 11) is 0. The minimum absolute atomic E-state index is 0.189. The number of hydrogen-bond donors (Lipinski definition) is 2. The second kappa shape index (κ2) is 5.49. The van der Waals surface area contributed by atoms with Gasteiger partial charge in [0.05, 0.1) is 12.2 Å².